The van der Waals surface area contributed by atoms with Crippen molar-refractivity contribution in [3.63, 3.8) is 0 Å². The highest BCUT2D eigenvalue weighted by Gasteiger charge is 2.11. The number of thiocarbonyl (C=S) groups is 1. The molecule has 2 aromatic rings. The van der Waals surface area contributed by atoms with Crippen molar-refractivity contribution in [2.24, 2.45) is 0 Å². The monoisotopic (exact) mass is 265 g/mol. The van der Waals surface area contributed by atoms with Crippen LogP contribution >= 0.6 is 23.6 Å². The first-order chi connectivity index (χ1) is 8.08. The van der Waals surface area contributed by atoms with Crippen LogP contribution in [0.3, 0.4) is 0 Å². The molecule has 0 spiro atoms. The molecule has 0 aromatic carbocycles. The van der Waals surface area contributed by atoms with Crippen LogP contribution in [-0.2, 0) is 0 Å². The molecule has 0 bridgehead atoms. The Morgan fingerprint density at radius 2 is 2.18 bits per heavy atom. The van der Waals surface area contributed by atoms with Gasteiger partial charge < -0.3 is 0 Å². The van der Waals surface area contributed by atoms with Crippen LogP contribution in [0.2, 0.25) is 0 Å². The summed E-state index contributed by atoms with van der Waals surface area (Å²) in [6.45, 7) is 3.68. The molecule has 6 heteroatoms. The van der Waals surface area contributed by atoms with E-state index in [1.807, 2.05) is 13.0 Å². The van der Waals surface area contributed by atoms with Crippen molar-refractivity contribution in [1.29, 1.82) is 0 Å². The Kier molecular flexibility index (Phi) is 3.35. The lowest BCUT2D eigenvalue weighted by atomic mass is 10.2. The molecule has 2 rings (SSSR count). The maximum Gasteiger partial charge on any atom is 0.279 e. The van der Waals surface area contributed by atoms with Crippen molar-refractivity contribution < 1.29 is 4.79 Å². The lowest BCUT2D eigenvalue weighted by Gasteiger charge is -2.03. The number of hydrogen-bond acceptors (Lipinski definition) is 4. The number of carbonyl (C=O) groups is 1. The topological polar surface area (TPSA) is 54.0 Å². The summed E-state index contributed by atoms with van der Waals surface area (Å²) >= 11 is 6.23. The molecule has 0 saturated carbocycles. The molecule has 2 N–H and O–H groups in total. The third-order valence-corrected chi connectivity index (χ3v) is 3.39. The number of aromatic nitrogens is 1. The zero-order chi connectivity index (χ0) is 12.4. The number of amides is 1. The van der Waals surface area contributed by atoms with E-state index in [4.69, 9.17) is 12.2 Å². The number of pyridine rings is 1. The van der Waals surface area contributed by atoms with Crippen molar-refractivity contribution in [3.8, 4) is 0 Å². The first-order valence-corrected chi connectivity index (χ1v) is 6.21. The molecule has 0 saturated heterocycles. The van der Waals surface area contributed by atoms with E-state index in [9.17, 15) is 4.79 Å². The highest BCUT2D eigenvalue weighted by atomic mass is 32.1. The fraction of sp³-hybridized carbons (Fsp3) is 0.182. The average molecular weight is 265 g/mol. The van der Waals surface area contributed by atoms with Gasteiger partial charge in [0.2, 0.25) is 0 Å². The molecular weight excluding hydrogens is 254 g/mol. The fourth-order valence-corrected chi connectivity index (χ4v) is 2.47. The van der Waals surface area contributed by atoms with Gasteiger partial charge in [-0.05, 0) is 30.9 Å². The third-order valence-electron chi connectivity index (χ3n) is 2.22. The van der Waals surface area contributed by atoms with Gasteiger partial charge in [-0.3, -0.25) is 20.6 Å². The van der Waals surface area contributed by atoms with E-state index in [2.05, 4.69) is 15.8 Å². The van der Waals surface area contributed by atoms with Gasteiger partial charge in [0, 0.05) is 12.4 Å². The number of hydrogen-bond donors (Lipinski definition) is 2. The largest absolute Gasteiger partial charge is 0.292 e. The van der Waals surface area contributed by atoms with E-state index in [0.717, 1.165) is 15.6 Å². The Balaban J connectivity index is 2.27. The van der Waals surface area contributed by atoms with Gasteiger partial charge in [0.1, 0.15) is 0 Å². The summed E-state index contributed by atoms with van der Waals surface area (Å²) in [5, 5.41) is 1.06. The van der Waals surface area contributed by atoms with Gasteiger partial charge in [0.05, 0.1) is 14.6 Å². The summed E-state index contributed by atoms with van der Waals surface area (Å²) in [4.78, 5) is 17.1. The van der Waals surface area contributed by atoms with Crippen LogP contribution in [-0.4, -0.2) is 15.9 Å². The van der Waals surface area contributed by atoms with E-state index in [1.54, 1.807) is 19.3 Å². The van der Waals surface area contributed by atoms with Gasteiger partial charge in [-0.2, -0.15) is 0 Å². The normalized spacial score (nSPS) is 10.2. The summed E-state index contributed by atoms with van der Waals surface area (Å²) < 4.78 is 1.01. The number of nitrogens with zero attached hydrogens (tertiary/aromatic N) is 1. The number of thiophene rings is 1. The van der Waals surface area contributed by atoms with Crippen molar-refractivity contribution in [2.45, 2.75) is 13.8 Å². The van der Waals surface area contributed by atoms with Crippen LogP contribution < -0.4 is 10.9 Å². The molecule has 0 atom stereocenters. The summed E-state index contributed by atoms with van der Waals surface area (Å²) in [6, 6.07) is 1.87. The van der Waals surface area contributed by atoms with Crippen molar-refractivity contribution >= 4 is 44.5 Å². The number of fused-ring (bicyclic) bond motifs is 1. The Labute approximate surface area is 108 Å². The molecule has 88 valence electrons. The molecular formula is C11H11N3OS2. The second kappa shape index (κ2) is 4.77. The van der Waals surface area contributed by atoms with Gasteiger partial charge in [-0.1, -0.05) is 12.2 Å². The Bertz CT molecular complexity index is 591. The van der Waals surface area contributed by atoms with Crippen LogP contribution in [0, 0.1) is 6.92 Å². The Hall–Kier alpha value is -1.53. The number of aryl methyl sites for hydroxylation is 1. The summed E-state index contributed by atoms with van der Waals surface area (Å²) in [5.41, 5.74) is 6.23. The van der Waals surface area contributed by atoms with Crippen molar-refractivity contribution in [3.05, 3.63) is 28.9 Å². The third kappa shape index (κ3) is 2.59. The molecule has 2 aromatic heterocycles. The minimum absolute atomic E-state index is 0.185. The fourth-order valence-electron chi connectivity index (χ4n) is 1.41. The van der Waals surface area contributed by atoms with Crippen molar-refractivity contribution in [1.82, 2.24) is 15.8 Å². The van der Waals surface area contributed by atoms with Gasteiger partial charge >= 0.3 is 0 Å². The van der Waals surface area contributed by atoms with Crippen LogP contribution in [0.1, 0.15) is 22.2 Å². The van der Waals surface area contributed by atoms with Gasteiger partial charge in [-0.15, -0.1) is 11.3 Å². The molecule has 2 heterocycles. The molecule has 0 aliphatic rings. The van der Waals surface area contributed by atoms with Crippen LogP contribution in [0.4, 0.5) is 0 Å². The smallest absolute Gasteiger partial charge is 0.279 e. The quantitative estimate of drug-likeness (QED) is 0.613. The second-order valence-electron chi connectivity index (χ2n) is 3.61. The predicted molar refractivity (Wildman–Crippen MR) is 73.2 cm³/mol. The van der Waals surface area contributed by atoms with Crippen LogP contribution in [0.15, 0.2) is 18.5 Å². The number of carbonyl (C=O) groups excluding carboxylic acids is 1. The lowest BCUT2D eigenvalue weighted by molar-refractivity contribution is 0.0948. The molecule has 0 unspecified atom stereocenters. The summed E-state index contributed by atoms with van der Waals surface area (Å²) in [5.74, 6) is -0.185. The van der Waals surface area contributed by atoms with E-state index < -0.39 is 0 Å². The highest BCUT2D eigenvalue weighted by molar-refractivity contribution is 7.80. The molecule has 0 radical (unpaired) electrons. The standard InChI is InChI=1S/C11H11N3OS2/c1-6-4-12-5-10-8(6)3-9(17-10)11(15)14-13-7(2)16/h3-5H,1-2H3,(H,13,16)(H,14,15). The molecule has 0 aliphatic heterocycles. The average Bonchev–Trinajstić information content (AvgIpc) is 2.71. The molecule has 1 amide bonds. The second-order valence-corrected chi connectivity index (χ2v) is 5.31. The molecule has 4 nitrogen and oxygen atoms in total. The minimum Gasteiger partial charge on any atom is -0.292 e. The van der Waals surface area contributed by atoms with Crippen LogP contribution in [0.25, 0.3) is 10.1 Å². The highest BCUT2D eigenvalue weighted by Crippen LogP contribution is 2.26. The SMILES string of the molecule is CC(=S)NNC(=O)c1cc2c(C)cncc2s1. The summed E-state index contributed by atoms with van der Waals surface area (Å²) in [6.07, 6.45) is 3.55. The van der Waals surface area contributed by atoms with Crippen molar-refractivity contribution in [2.75, 3.05) is 0 Å². The summed E-state index contributed by atoms with van der Waals surface area (Å²) in [7, 11) is 0. The van der Waals surface area contributed by atoms with E-state index in [1.165, 1.54) is 11.3 Å². The predicted octanol–water partition coefficient (Wildman–Crippen LogP) is 2.19. The van der Waals surface area contributed by atoms with E-state index in [-0.39, 0.29) is 5.91 Å². The van der Waals surface area contributed by atoms with Gasteiger partial charge in [0.25, 0.3) is 5.91 Å². The first-order valence-electron chi connectivity index (χ1n) is 4.99. The number of hydrazine groups is 1. The molecule has 0 aliphatic carbocycles. The zero-order valence-electron chi connectivity index (χ0n) is 9.40. The first kappa shape index (κ1) is 11.9. The minimum atomic E-state index is -0.185. The van der Waals surface area contributed by atoms with Gasteiger partial charge in [-0.25, -0.2) is 0 Å². The van der Waals surface area contributed by atoms with Crippen LogP contribution in [0.5, 0.6) is 0 Å². The Morgan fingerprint density at radius 1 is 1.41 bits per heavy atom. The molecule has 17 heavy (non-hydrogen) atoms. The maximum absolute atomic E-state index is 11.8. The zero-order valence-corrected chi connectivity index (χ0v) is 11.0. The van der Waals surface area contributed by atoms with E-state index >= 15 is 0 Å². The number of rotatable bonds is 1. The Morgan fingerprint density at radius 3 is 2.82 bits per heavy atom. The molecule has 0 fully saturated rings. The van der Waals surface area contributed by atoms with Gasteiger partial charge in [0.15, 0.2) is 0 Å². The maximum atomic E-state index is 11.8. The number of nitrogens with one attached hydrogen (secondary N) is 2. The van der Waals surface area contributed by atoms with E-state index in [0.29, 0.717) is 9.87 Å². The lowest BCUT2D eigenvalue weighted by Crippen LogP contribution is -2.39.